The molecule has 1 aromatic heterocycles. The topological polar surface area (TPSA) is 36.2 Å². The van der Waals surface area contributed by atoms with Crippen molar-refractivity contribution >= 4 is 15.9 Å². The molecule has 0 saturated heterocycles. The first-order valence-corrected chi connectivity index (χ1v) is 5.52. The van der Waals surface area contributed by atoms with Gasteiger partial charge in [0.25, 0.3) is 0 Å². The average Bonchev–Trinajstić information content (AvgIpc) is 2.28. The third kappa shape index (κ3) is 2.33. The third-order valence-corrected chi connectivity index (χ3v) is 2.67. The number of halogens is 1. The fourth-order valence-electron chi connectivity index (χ4n) is 1.46. The SMILES string of the molecule is COc1ccc(-c2cc(Br)c[n+]([O-])c2)cc1. The van der Waals surface area contributed by atoms with Crippen LogP contribution in [0.15, 0.2) is 47.2 Å². The van der Waals surface area contributed by atoms with Crippen LogP contribution in [0.3, 0.4) is 0 Å². The van der Waals surface area contributed by atoms with Crippen LogP contribution in [0.4, 0.5) is 0 Å². The minimum absolute atomic E-state index is 0.760. The van der Waals surface area contributed by atoms with Crippen molar-refractivity contribution in [1.29, 1.82) is 0 Å². The van der Waals surface area contributed by atoms with E-state index in [0.717, 1.165) is 26.1 Å². The number of hydrogen-bond acceptors (Lipinski definition) is 2. The van der Waals surface area contributed by atoms with Gasteiger partial charge in [-0.15, -0.1) is 0 Å². The second-order valence-corrected chi connectivity index (χ2v) is 4.25. The molecule has 16 heavy (non-hydrogen) atoms. The summed E-state index contributed by atoms with van der Waals surface area (Å²) in [5, 5.41) is 11.3. The van der Waals surface area contributed by atoms with Gasteiger partial charge in [-0.1, -0.05) is 12.1 Å². The zero-order valence-corrected chi connectivity index (χ0v) is 10.3. The van der Waals surface area contributed by atoms with E-state index in [1.807, 2.05) is 30.3 Å². The largest absolute Gasteiger partial charge is 0.619 e. The van der Waals surface area contributed by atoms with Crippen LogP contribution in [0.1, 0.15) is 0 Å². The molecular formula is C12H10BrNO2. The first-order valence-electron chi connectivity index (χ1n) is 4.73. The quantitative estimate of drug-likeness (QED) is 0.626. The number of ether oxygens (including phenoxy) is 1. The van der Waals surface area contributed by atoms with E-state index in [4.69, 9.17) is 4.74 Å². The lowest BCUT2D eigenvalue weighted by Gasteiger charge is -2.04. The molecule has 2 aromatic rings. The standard InChI is InChI=1S/C12H10BrNO2/c1-16-12-4-2-9(3-5-12)10-6-11(13)8-14(15)7-10/h2-8H,1H3. The number of rotatable bonds is 2. The molecule has 0 atom stereocenters. The Morgan fingerprint density at radius 1 is 1.12 bits per heavy atom. The highest BCUT2D eigenvalue weighted by Crippen LogP contribution is 2.23. The predicted molar refractivity (Wildman–Crippen MR) is 65.1 cm³/mol. The summed E-state index contributed by atoms with van der Waals surface area (Å²) in [4.78, 5) is 0. The minimum atomic E-state index is 0.760. The molecule has 1 aromatic carbocycles. The van der Waals surface area contributed by atoms with Crippen molar-refractivity contribution in [3.63, 3.8) is 0 Å². The van der Waals surface area contributed by atoms with E-state index in [1.165, 1.54) is 12.4 Å². The molecular weight excluding hydrogens is 270 g/mol. The molecule has 0 radical (unpaired) electrons. The van der Waals surface area contributed by atoms with Crippen LogP contribution in [-0.4, -0.2) is 7.11 Å². The Kier molecular flexibility index (Phi) is 3.10. The van der Waals surface area contributed by atoms with Gasteiger partial charge in [-0.05, 0) is 39.7 Å². The Bertz CT molecular complexity index is 477. The molecule has 0 unspecified atom stereocenters. The second-order valence-electron chi connectivity index (χ2n) is 3.33. The molecule has 4 heteroatoms. The summed E-state index contributed by atoms with van der Waals surface area (Å²) < 4.78 is 6.62. The Hall–Kier alpha value is -1.55. The third-order valence-electron chi connectivity index (χ3n) is 2.23. The Labute approximate surface area is 102 Å². The number of benzene rings is 1. The van der Waals surface area contributed by atoms with Crippen LogP contribution in [0.5, 0.6) is 5.75 Å². The Morgan fingerprint density at radius 2 is 1.81 bits per heavy atom. The summed E-state index contributed by atoms with van der Waals surface area (Å²) in [7, 11) is 1.62. The van der Waals surface area contributed by atoms with Gasteiger partial charge < -0.3 is 9.94 Å². The monoisotopic (exact) mass is 279 g/mol. The summed E-state index contributed by atoms with van der Waals surface area (Å²) >= 11 is 3.29. The summed E-state index contributed by atoms with van der Waals surface area (Å²) in [6.45, 7) is 0. The lowest BCUT2D eigenvalue weighted by Crippen LogP contribution is -2.24. The van der Waals surface area contributed by atoms with E-state index >= 15 is 0 Å². The first-order chi connectivity index (χ1) is 7.69. The van der Waals surface area contributed by atoms with Crippen molar-refractivity contribution < 1.29 is 9.47 Å². The first kappa shape index (κ1) is 11.0. The summed E-state index contributed by atoms with van der Waals surface area (Å²) in [6.07, 6.45) is 3.00. The van der Waals surface area contributed by atoms with Gasteiger partial charge in [-0.25, -0.2) is 0 Å². The van der Waals surface area contributed by atoms with Gasteiger partial charge in [0.2, 0.25) is 0 Å². The average molecular weight is 280 g/mol. The van der Waals surface area contributed by atoms with Gasteiger partial charge in [-0.2, -0.15) is 4.73 Å². The fourth-order valence-corrected chi connectivity index (χ4v) is 1.91. The molecule has 0 aliphatic carbocycles. The zero-order valence-electron chi connectivity index (χ0n) is 8.68. The van der Waals surface area contributed by atoms with Crippen LogP contribution < -0.4 is 9.47 Å². The molecule has 0 saturated carbocycles. The van der Waals surface area contributed by atoms with Crippen molar-refractivity contribution in [2.75, 3.05) is 7.11 Å². The van der Waals surface area contributed by atoms with E-state index in [0.29, 0.717) is 0 Å². The van der Waals surface area contributed by atoms with E-state index in [2.05, 4.69) is 15.9 Å². The molecule has 0 fully saturated rings. The lowest BCUT2D eigenvalue weighted by atomic mass is 10.1. The fraction of sp³-hybridized carbons (Fsp3) is 0.0833. The van der Waals surface area contributed by atoms with Gasteiger partial charge >= 0.3 is 0 Å². The maximum atomic E-state index is 11.3. The van der Waals surface area contributed by atoms with Crippen LogP contribution >= 0.6 is 15.9 Å². The summed E-state index contributed by atoms with van der Waals surface area (Å²) in [6, 6.07) is 9.47. The van der Waals surface area contributed by atoms with Crippen molar-refractivity contribution in [2.45, 2.75) is 0 Å². The molecule has 0 bridgehead atoms. The molecule has 3 nitrogen and oxygen atoms in total. The van der Waals surface area contributed by atoms with Gasteiger partial charge in [0.05, 0.1) is 11.6 Å². The second kappa shape index (κ2) is 4.53. The van der Waals surface area contributed by atoms with Gasteiger partial charge in [0.15, 0.2) is 12.4 Å². The molecule has 1 heterocycles. The van der Waals surface area contributed by atoms with Crippen LogP contribution in [0.25, 0.3) is 11.1 Å². The highest BCUT2D eigenvalue weighted by Gasteiger charge is 2.04. The van der Waals surface area contributed by atoms with E-state index in [1.54, 1.807) is 7.11 Å². The van der Waals surface area contributed by atoms with Gasteiger partial charge in [0.1, 0.15) is 5.75 Å². The Balaban J connectivity index is 2.42. The highest BCUT2D eigenvalue weighted by molar-refractivity contribution is 9.10. The van der Waals surface area contributed by atoms with Crippen molar-refractivity contribution in [2.24, 2.45) is 0 Å². The molecule has 0 aliphatic heterocycles. The predicted octanol–water partition coefficient (Wildman–Crippen LogP) is 2.76. The van der Waals surface area contributed by atoms with Crippen molar-refractivity contribution in [1.82, 2.24) is 0 Å². The molecule has 0 aliphatic rings. The van der Waals surface area contributed by atoms with Crippen LogP contribution in [0.2, 0.25) is 0 Å². The zero-order chi connectivity index (χ0) is 11.5. The molecule has 2 rings (SSSR count). The molecule has 0 N–H and O–H groups in total. The number of hydrogen-bond donors (Lipinski definition) is 0. The Morgan fingerprint density at radius 3 is 2.38 bits per heavy atom. The summed E-state index contributed by atoms with van der Waals surface area (Å²) in [5.41, 5.74) is 1.85. The molecule has 82 valence electrons. The number of pyridine rings is 1. The summed E-state index contributed by atoms with van der Waals surface area (Å²) in [5.74, 6) is 0.800. The lowest BCUT2D eigenvalue weighted by molar-refractivity contribution is -0.605. The minimum Gasteiger partial charge on any atom is -0.619 e. The maximum Gasteiger partial charge on any atom is 0.194 e. The van der Waals surface area contributed by atoms with Crippen LogP contribution in [-0.2, 0) is 0 Å². The normalized spacial score (nSPS) is 10.1. The van der Waals surface area contributed by atoms with Gasteiger partial charge in [0, 0.05) is 5.56 Å². The smallest absolute Gasteiger partial charge is 0.194 e. The van der Waals surface area contributed by atoms with Crippen LogP contribution in [0, 0.1) is 5.21 Å². The van der Waals surface area contributed by atoms with Crippen molar-refractivity contribution in [3.05, 3.63) is 52.4 Å². The molecule has 0 spiro atoms. The van der Waals surface area contributed by atoms with Gasteiger partial charge in [-0.3, -0.25) is 0 Å². The number of methoxy groups -OCH3 is 1. The van der Waals surface area contributed by atoms with E-state index in [-0.39, 0.29) is 0 Å². The van der Waals surface area contributed by atoms with E-state index < -0.39 is 0 Å². The van der Waals surface area contributed by atoms with Crippen molar-refractivity contribution in [3.8, 4) is 16.9 Å². The molecule has 0 amide bonds. The van der Waals surface area contributed by atoms with E-state index in [9.17, 15) is 5.21 Å². The highest BCUT2D eigenvalue weighted by atomic mass is 79.9. The number of nitrogens with zero attached hydrogens (tertiary/aromatic N) is 1. The number of aromatic nitrogens is 1. The maximum absolute atomic E-state index is 11.3.